The Labute approximate surface area is 186 Å². The lowest BCUT2D eigenvalue weighted by molar-refractivity contribution is 0.0355. The van der Waals surface area contributed by atoms with Gasteiger partial charge in [0, 0.05) is 21.6 Å². The minimum Gasteiger partial charge on any atom is -0.442 e. The number of benzene rings is 1. The molecule has 1 amide bonds. The average molecular weight is 527 g/mol. The van der Waals surface area contributed by atoms with Crippen molar-refractivity contribution in [1.29, 1.82) is 0 Å². The number of amides is 1. The summed E-state index contributed by atoms with van der Waals surface area (Å²) in [6.07, 6.45) is -0.0990. The van der Waals surface area contributed by atoms with Gasteiger partial charge in [0.1, 0.15) is 5.60 Å². The predicted octanol–water partition coefficient (Wildman–Crippen LogP) is 6.94. The lowest BCUT2D eigenvalue weighted by Gasteiger charge is -2.27. The highest BCUT2D eigenvalue weighted by Gasteiger charge is 2.55. The Hall–Kier alpha value is -1.68. The molecule has 0 aliphatic heterocycles. The van der Waals surface area contributed by atoms with Gasteiger partial charge >= 0.3 is 19.4 Å². The summed E-state index contributed by atoms with van der Waals surface area (Å²) in [5.41, 5.74) is -5.63. The second-order valence-corrected chi connectivity index (χ2v) is 10.3. The van der Waals surface area contributed by atoms with Crippen LogP contribution < -0.4 is 5.12 Å². The van der Waals surface area contributed by atoms with E-state index in [-0.39, 0.29) is 28.2 Å². The number of hydrogen-bond acceptors (Lipinski definition) is 6. The zero-order valence-corrected chi connectivity index (χ0v) is 20.1. The quantitative estimate of drug-likeness (QED) is 0.287. The highest BCUT2D eigenvalue weighted by molar-refractivity contribution is 9.10. The van der Waals surface area contributed by atoms with E-state index in [1.54, 1.807) is 20.8 Å². The minimum atomic E-state index is -4.86. The molecule has 31 heavy (non-hydrogen) atoms. The molecule has 0 saturated carbocycles. The maximum absolute atomic E-state index is 15.2. The van der Waals surface area contributed by atoms with Crippen molar-refractivity contribution in [3.05, 3.63) is 34.4 Å². The van der Waals surface area contributed by atoms with E-state index >= 15 is 8.78 Å². The van der Waals surface area contributed by atoms with Gasteiger partial charge in [-0.3, -0.25) is 4.57 Å². The fourth-order valence-electron chi connectivity index (χ4n) is 2.57. The van der Waals surface area contributed by atoms with E-state index in [0.29, 0.717) is 5.39 Å². The van der Waals surface area contributed by atoms with Crippen LogP contribution in [-0.2, 0) is 24.0 Å². The molecule has 0 atom stereocenters. The fourth-order valence-corrected chi connectivity index (χ4v) is 4.90. The number of nitrogens with zero attached hydrogens (tertiary/aromatic N) is 2. The lowest BCUT2D eigenvalue weighted by Crippen LogP contribution is -2.32. The van der Waals surface area contributed by atoms with Crippen LogP contribution in [0.15, 0.2) is 28.9 Å². The highest BCUT2D eigenvalue weighted by atomic mass is 79.9. The van der Waals surface area contributed by atoms with Crippen molar-refractivity contribution in [3.8, 4) is 0 Å². The molecular formula is C19H23BrF3N2O5P. The maximum atomic E-state index is 15.2. The lowest BCUT2D eigenvalue weighted by atomic mass is 10.1. The number of hydrogen-bond donors (Lipinski definition) is 0. The number of ether oxygens (including phenoxy) is 1. The predicted molar refractivity (Wildman–Crippen MR) is 114 cm³/mol. The van der Waals surface area contributed by atoms with E-state index in [1.807, 2.05) is 0 Å². The third-order valence-corrected chi connectivity index (χ3v) is 6.60. The minimum absolute atomic E-state index is 0.0663. The Morgan fingerprint density at radius 3 is 2.23 bits per heavy atom. The van der Waals surface area contributed by atoms with Gasteiger partial charge in [-0.05, 0) is 58.2 Å². The van der Waals surface area contributed by atoms with E-state index in [1.165, 1.54) is 26.1 Å². The third kappa shape index (κ3) is 5.58. The van der Waals surface area contributed by atoms with Gasteiger partial charge in [-0.15, -0.1) is 0 Å². The largest absolute Gasteiger partial charge is 0.445 e. The Kier molecular flexibility index (Phi) is 7.79. The molecule has 0 fully saturated rings. The van der Waals surface area contributed by atoms with Crippen molar-refractivity contribution in [2.45, 2.75) is 45.9 Å². The van der Waals surface area contributed by atoms with Crippen LogP contribution in [0.2, 0.25) is 0 Å². The van der Waals surface area contributed by atoms with Crippen molar-refractivity contribution < 1.29 is 36.4 Å². The monoisotopic (exact) mass is 526 g/mol. The van der Waals surface area contributed by atoms with Gasteiger partial charge in [0.25, 0.3) is 0 Å². The number of fused-ring (bicyclic) bond motifs is 1. The van der Waals surface area contributed by atoms with Crippen LogP contribution in [0.3, 0.4) is 0 Å². The van der Waals surface area contributed by atoms with Gasteiger partial charge in [-0.25, -0.2) is 9.78 Å². The van der Waals surface area contributed by atoms with Crippen LogP contribution in [-0.4, -0.2) is 29.9 Å². The second kappa shape index (κ2) is 9.44. The summed E-state index contributed by atoms with van der Waals surface area (Å²) in [6, 6.07) is 3.42. The van der Waals surface area contributed by atoms with Crippen molar-refractivity contribution in [3.63, 3.8) is 0 Å². The van der Waals surface area contributed by atoms with Crippen molar-refractivity contribution in [2.24, 2.45) is 0 Å². The van der Waals surface area contributed by atoms with Crippen LogP contribution in [0, 0.1) is 0 Å². The smallest absolute Gasteiger partial charge is 0.442 e. The van der Waals surface area contributed by atoms with Crippen LogP contribution in [0.25, 0.3) is 10.8 Å². The number of aromatic nitrogens is 1. The normalized spacial score (nSPS) is 12.8. The van der Waals surface area contributed by atoms with E-state index in [0.717, 1.165) is 12.1 Å². The van der Waals surface area contributed by atoms with E-state index in [9.17, 15) is 13.8 Å². The molecule has 1 aromatic heterocycles. The SMILES string of the molecule is CCOP(=O)(OCC)C(F)(F)c1cc2cc(N(F)C(=O)OC(C)(C)C)ncc2cc1Br. The highest BCUT2D eigenvalue weighted by Crippen LogP contribution is 2.67. The average Bonchev–Trinajstić information content (AvgIpc) is 2.65. The fraction of sp³-hybridized carbons (Fsp3) is 0.474. The van der Waals surface area contributed by atoms with Crippen molar-refractivity contribution in [2.75, 3.05) is 18.3 Å². The first-order chi connectivity index (χ1) is 14.3. The van der Waals surface area contributed by atoms with Gasteiger partial charge < -0.3 is 13.8 Å². The molecule has 0 unspecified atom stereocenters. The van der Waals surface area contributed by atoms with E-state index in [2.05, 4.69) is 20.9 Å². The van der Waals surface area contributed by atoms with Gasteiger partial charge in [0.2, 0.25) is 0 Å². The van der Waals surface area contributed by atoms with Gasteiger partial charge in [0.15, 0.2) is 5.82 Å². The molecule has 12 heteroatoms. The standard InChI is InChI=1S/C19H23BrF3N2O5P/c1-6-28-31(27,29-7-2)19(21,22)14-8-12-10-16(24-11-13(12)9-15(14)20)25(23)17(26)30-18(3,4)5/h8-11H,6-7H2,1-5H3. The zero-order valence-electron chi connectivity index (χ0n) is 17.6. The summed E-state index contributed by atoms with van der Waals surface area (Å²) in [6.45, 7) is 7.02. The molecule has 1 aromatic carbocycles. The first-order valence-corrected chi connectivity index (χ1v) is 11.6. The Balaban J connectivity index is 2.54. The molecule has 0 spiro atoms. The Morgan fingerprint density at radius 1 is 1.13 bits per heavy atom. The van der Waals surface area contributed by atoms with Gasteiger partial charge in [0.05, 0.1) is 13.2 Å². The van der Waals surface area contributed by atoms with Crippen LogP contribution >= 0.6 is 23.5 Å². The van der Waals surface area contributed by atoms with Crippen LogP contribution in [0.1, 0.15) is 40.2 Å². The molecule has 2 rings (SSSR count). The van der Waals surface area contributed by atoms with Crippen LogP contribution in [0.5, 0.6) is 0 Å². The summed E-state index contributed by atoms with van der Waals surface area (Å²) in [4.78, 5) is 15.8. The van der Waals surface area contributed by atoms with Crippen LogP contribution in [0.4, 0.5) is 23.9 Å². The number of halogens is 4. The molecule has 7 nitrogen and oxygen atoms in total. The van der Waals surface area contributed by atoms with Gasteiger partial charge in [-0.2, -0.15) is 8.78 Å². The molecule has 0 N–H and O–H groups in total. The van der Waals surface area contributed by atoms with Crippen molar-refractivity contribution in [1.82, 2.24) is 4.98 Å². The number of alkyl halides is 2. The molecule has 0 saturated heterocycles. The second-order valence-electron chi connectivity index (χ2n) is 7.36. The van der Waals surface area contributed by atoms with E-state index in [4.69, 9.17) is 13.8 Å². The zero-order chi connectivity index (χ0) is 23.6. The number of carbonyl (C=O) groups excluding carboxylic acids is 1. The summed E-state index contributed by atoms with van der Waals surface area (Å²) >= 11 is 3.05. The molecule has 2 aromatic rings. The molecular weight excluding hydrogens is 504 g/mol. The summed E-state index contributed by atoms with van der Waals surface area (Å²) in [5, 5.41) is 0.166. The summed E-state index contributed by atoms with van der Waals surface area (Å²) in [5.74, 6) is -0.462. The summed E-state index contributed by atoms with van der Waals surface area (Å²) in [7, 11) is -4.86. The molecule has 0 aliphatic carbocycles. The number of pyridine rings is 1. The first-order valence-electron chi connectivity index (χ1n) is 9.31. The number of rotatable bonds is 7. The van der Waals surface area contributed by atoms with Gasteiger partial charge in [-0.1, -0.05) is 25.5 Å². The third-order valence-electron chi connectivity index (χ3n) is 3.81. The molecule has 0 radical (unpaired) electrons. The van der Waals surface area contributed by atoms with Crippen molar-refractivity contribution >= 4 is 46.2 Å². The first kappa shape index (κ1) is 25.6. The number of anilines is 1. The maximum Gasteiger partial charge on any atom is 0.445 e. The number of carbonyl (C=O) groups is 1. The molecule has 0 aliphatic rings. The Morgan fingerprint density at radius 2 is 1.71 bits per heavy atom. The molecule has 172 valence electrons. The molecule has 0 bridgehead atoms. The van der Waals surface area contributed by atoms with E-state index < -0.39 is 36.3 Å². The summed E-state index contributed by atoms with van der Waals surface area (Å²) < 4.78 is 72.2. The molecule has 1 heterocycles. The Bertz CT molecular complexity index is 1010. The topological polar surface area (TPSA) is 78.0 Å².